The first-order valence-electron chi connectivity index (χ1n) is 5.31. The average Bonchev–Trinajstić information content (AvgIpc) is 2.80. The van der Waals surface area contributed by atoms with Crippen LogP contribution in [0.1, 0.15) is 10.4 Å². The molecule has 1 aromatic carbocycles. The summed E-state index contributed by atoms with van der Waals surface area (Å²) in [5.41, 5.74) is 1.19. The first-order chi connectivity index (χ1) is 9.22. The van der Waals surface area contributed by atoms with Gasteiger partial charge in [0.1, 0.15) is 5.52 Å². The number of rotatable bonds is 3. The molecule has 0 saturated carbocycles. The van der Waals surface area contributed by atoms with Crippen LogP contribution in [0, 0.1) is 0 Å². The maximum Gasteiger partial charge on any atom is 0.335 e. The van der Waals surface area contributed by atoms with Gasteiger partial charge in [0.2, 0.25) is 0 Å². The highest BCUT2D eigenvalue weighted by Crippen LogP contribution is 2.27. The van der Waals surface area contributed by atoms with Crippen molar-refractivity contribution >= 4 is 28.8 Å². The monoisotopic (exact) mass is 273 g/mol. The molecule has 94 valence electrons. The van der Waals surface area contributed by atoms with Gasteiger partial charge in [0.05, 0.1) is 5.56 Å². The molecule has 0 bridgehead atoms. The summed E-state index contributed by atoms with van der Waals surface area (Å²) in [7, 11) is 0. The lowest BCUT2D eigenvalue weighted by molar-refractivity contribution is 0.0697. The molecule has 0 amide bonds. The Balaban J connectivity index is 1.95. The maximum absolute atomic E-state index is 10.9. The molecule has 0 spiro atoms. The molecule has 1 N–H and O–H groups in total. The van der Waals surface area contributed by atoms with E-state index in [0.29, 0.717) is 21.5 Å². The fourth-order valence-electron chi connectivity index (χ4n) is 1.50. The second-order valence-electron chi connectivity index (χ2n) is 3.60. The fourth-order valence-corrected chi connectivity index (χ4v) is 2.16. The highest BCUT2D eigenvalue weighted by atomic mass is 32.2. The Morgan fingerprint density at radius 1 is 1.26 bits per heavy atom. The maximum atomic E-state index is 10.9. The van der Waals surface area contributed by atoms with Crippen molar-refractivity contribution in [2.24, 2.45) is 0 Å². The standard InChI is InChI=1S/C12H7N3O3S/c16-10(17)7-2-3-8-9(6-7)18-12(15-8)19-11-13-4-1-5-14-11/h1-6H,(H,16,17). The van der Waals surface area contributed by atoms with Gasteiger partial charge in [0, 0.05) is 24.2 Å². The molecule has 2 heterocycles. The number of aromatic carboxylic acids is 1. The molecule has 0 radical (unpaired) electrons. The molecule has 0 aliphatic carbocycles. The molecule has 0 atom stereocenters. The minimum atomic E-state index is -1.00. The molecule has 7 heteroatoms. The summed E-state index contributed by atoms with van der Waals surface area (Å²) in [6, 6.07) is 6.26. The van der Waals surface area contributed by atoms with E-state index in [4.69, 9.17) is 9.52 Å². The van der Waals surface area contributed by atoms with E-state index >= 15 is 0 Å². The highest BCUT2D eigenvalue weighted by molar-refractivity contribution is 7.98. The summed E-state index contributed by atoms with van der Waals surface area (Å²) in [6.07, 6.45) is 3.25. The van der Waals surface area contributed by atoms with Crippen LogP contribution >= 0.6 is 11.8 Å². The summed E-state index contributed by atoms with van der Waals surface area (Å²) in [4.78, 5) is 23.2. The summed E-state index contributed by atoms with van der Waals surface area (Å²) in [5.74, 6) is -1.00. The fraction of sp³-hybridized carbons (Fsp3) is 0. The number of carboxylic acid groups (broad SMARTS) is 1. The van der Waals surface area contributed by atoms with Crippen molar-refractivity contribution in [1.82, 2.24) is 15.0 Å². The van der Waals surface area contributed by atoms with E-state index in [0.717, 1.165) is 0 Å². The molecule has 6 nitrogen and oxygen atoms in total. The van der Waals surface area contributed by atoms with E-state index in [1.807, 2.05) is 0 Å². The molecule has 2 aromatic heterocycles. The summed E-state index contributed by atoms with van der Waals surface area (Å²) in [6.45, 7) is 0. The van der Waals surface area contributed by atoms with Crippen LogP contribution in [0.2, 0.25) is 0 Å². The van der Waals surface area contributed by atoms with Crippen molar-refractivity contribution in [2.75, 3.05) is 0 Å². The topological polar surface area (TPSA) is 89.1 Å². The van der Waals surface area contributed by atoms with Gasteiger partial charge in [-0.25, -0.2) is 19.7 Å². The molecule has 0 saturated heterocycles. The number of carbonyl (C=O) groups is 1. The Morgan fingerprint density at radius 2 is 2.05 bits per heavy atom. The SMILES string of the molecule is O=C(O)c1ccc2nc(Sc3ncccn3)oc2c1. The van der Waals surface area contributed by atoms with Crippen molar-refractivity contribution in [3.05, 3.63) is 42.2 Å². The molecule has 0 fully saturated rings. The van der Waals surface area contributed by atoms with Crippen LogP contribution in [0.15, 0.2) is 51.5 Å². The third-order valence-corrected chi connectivity index (χ3v) is 3.08. The molecule has 0 unspecified atom stereocenters. The van der Waals surface area contributed by atoms with Crippen molar-refractivity contribution in [3.8, 4) is 0 Å². The summed E-state index contributed by atoms with van der Waals surface area (Å²) in [5, 5.41) is 9.80. The van der Waals surface area contributed by atoms with Crippen LogP contribution in [0.4, 0.5) is 0 Å². The van der Waals surface area contributed by atoms with Crippen LogP contribution in [0.25, 0.3) is 11.1 Å². The Morgan fingerprint density at radius 3 is 2.79 bits per heavy atom. The van der Waals surface area contributed by atoms with Crippen LogP contribution < -0.4 is 0 Å². The zero-order valence-electron chi connectivity index (χ0n) is 9.48. The van der Waals surface area contributed by atoms with E-state index in [1.54, 1.807) is 24.5 Å². The van der Waals surface area contributed by atoms with Gasteiger partial charge in [-0.1, -0.05) is 0 Å². The lowest BCUT2D eigenvalue weighted by atomic mass is 10.2. The molecule has 0 aliphatic rings. The second kappa shape index (κ2) is 4.69. The van der Waals surface area contributed by atoms with Crippen LogP contribution in [-0.2, 0) is 0 Å². The van der Waals surface area contributed by atoms with Crippen molar-refractivity contribution in [1.29, 1.82) is 0 Å². The normalized spacial score (nSPS) is 10.7. The van der Waals surface area contributed by atoms with Crippen molar-refractivity contribution < 1.29 is 14.3 Å². The molecule has 19 heavy (non-hydrogen) atoms. The van der Waals surface area contributed by atoms with Gasteiger partial charge in [-0.15, -0.1) is 0 Å². The quantitative estimate of drug-likeness (QED) is 0.733. The van der Waals surface area contributed by atoms with Gasteiger partial charge < -0.3 is 9.52 Å². The first-order valence-corrected chi connectivity index (χ1v) is 6.13. The van der Waals surface area contributed by atoms with E-state index in [-0.39, 0.29) is 5.56 Å². The van der Waals surface area contributed by atoms with Crippen molar-refractivity contribution in [3.63, 3.8) is 0 Å². The predicted octanol–water partition coefficient (Wildman–Crippen LogP) is 2.47. The van der Waals surface area contributed by atoms with Gasteiger partial charge in [0.25, 0.3) is 5.22 Å². The summed E-state index contributed by atoms with van der Waals surface area (Å²) >= 11 is 1.18. The highest BCUT2D eigenvalue weighted by Gasteiger charge is 2.11. The molecule has 3 aromatic rings. The number of aromatic nitrogens is 3. The zero-order valence-corrected chi connectivity index (χ0v) is 10.3. The lowest BCUT2D eigenvalue weighted by Gasteiger charge is -1.92. The average molecular weight is 273 g/mol. The molecular weight excluding hydrogens is 266 g/mol. The zero-order chi connectivity index (χ0) is 13.2. The Bertz CT molecular complexity index is 742. The molecule has 0 aliphatic heterocycles. The van der Waals surface area contributed by atoms with Gasteiger partial charge in [0.15, 0.2) is 10.7 Å². The van der Waals surface area contributed by atoms with E-state index in [2.05, 4.69) is 15.0 Å². The van der Waals surface area contributed by atoms with Gasteiger partial charge >= 0.3 is 5.97 Å². The minimum Gasteiger partial charge on any atom is -0.478 e. The smallest absolute Gasteiger partial charge is 0.335 e. The molecular formula is C12H7N3O3S. The summed E-state index contributed by atoms with van der Waals surface area (Å²) < 4.78 is 5.47. The predicted molar refractivity (Wildman–Crippen MR) is 67.1 cm³/mol. The van der Waals surface area contributed by atoms with E-state index < -0.39 is 5.97 Å². The van der Waals surface area contributed by atoms with Crippen LogP contribution in [0.3, 0.4) is 0 Å². The van der Waals surface area contributed by atoms with Crippen LogP contribution in [-0.4, -0.2) is 26.0 Å². The minimum absolute atomic E-state index is 0.163. The van der Waals surface area contributed by atoms with E-state index in [1.165, 1.54) is 23.9 Å². The largest absolute Gasteiger partial charge is 0.478 e. The van der Waals surface area contributed by atoms with Crippen molar-refractivity contribution in [2.45, 2.75) is 10.4 Å². The number of oxazole rings is 1. The first kappa shape index (κ1) is 11.7. The third kappa shape index (κ3) is 2.41. The number of fused-ring (bicyclic) bond motifs is 1. The lowest BCUT2D eigenvalue weighted by Crippen LogP contribution is -1.94. The van der Waals surface area contributed by atoms with Crippen LogP contribution in [0.5, 0.6) is 0 Å². The van der Waals surface area contributed by atoms with Gasteiger partial charge in [-0.05, 0) is 24.3 Å². The Kier molecular flexibility index (Phi) is 2.88. The number of hydrogen-bond donors (Lipinski definition) is 1. The Labute approximate surface area is 111 Å². The number of nitrogens with zero attached hydrogens (tertiary/aromatic N) is 3. The number of benzene rings is 1. The third-order valence-electron chi connectivity index (χ3n) is 2.34. The number of hydrogen-bond acceptors (Lipinski definition) is 6. The van der Waals surface area contributed by atoms with E-state index in [9.17, 15) is 4.79 Å². The molecule has 3 rings (SSSR count). The van der Waals surface area contributed by atoms with Gasteiger partial charge in [-0.3, -0.25) is 0 Å². The second-order valence-corrected chi connectivity index (χ2v) is 4.52. The number of carboxylic acids is 1. The Hall–Kier alpha value is -2.41. The van der Waals surface area contributed by atoms with Gasteiger partial charge in [-0.2, -0.15) is 0 Å².